The molecule has 1 aromatic carbocycles. The normalized spacial score (nSPS) is 23.1. The lowest BCUT2D eigenvalue weighted by atomic mass is 10.0. The number of alkyl halides is 2. The molecule has 0 bridgehead atoms. The number of nitrogens with zero attached hydrogens (tertiary/aromatic N) is 2. The van der Waals surface area contributed by atoms with Gasteiger partial charge < -0.3 is 14.4 Å². The van der Waals surface area contributed by atoms with Crippen LogP contribution in [0.3, 0.4) is 0 Å². The second-order valence-corrected chi connectivity index (χ2v) is 7.06. The zero-order valence-electron chi connectivity index (χ0n) is 16.0. The number of esters is 1. The highest BCUT2D eigenvalue weighted by Gasteiger charge is 2.39. The van der Waals surface area contributed by atoms with Gasteiger partial charge in [-0.1, -0.05) is 18.6 Å². The number of hydrogen-bond acceptors (Lipinski definition) is 5. The molecule has 0 N–H and O–H groups in total. The first-order chi connectivity index (χ1) is 13.5. The molecule has 0 aromatic heterocycles. The Labute approximate surface area is 163 Å². The van der Waals surface area contributed by atoms with Crippen LogP contribution in [0.1, 0.15) is 36.5 Å². The summed E-state index contributed by atoms with van der Waals surface area (Å²) >= 11 is 0. The topological polar surface area (TPSA) is 59.1 Å². The van der Waals surface area contributed by atoms with Crippen molar-refractivity contribution in [2.45, 2.75) is 38.8 Å². The molecule has 2 aliphatic rings. The van der Waals surface area contributed by atoms with Gasteiger partial charge in [-0.25, -0.2) is 0 Å². The minimum atomic E-state index is -2.98. The standard InChI is InChI=1S/C20H26F2N2O4/c1-2-27-19(26)14-7-5-8-16(14)23-10-12-24(13-11-23)18(25)15-6-3-4-9-17(15)28-20(21)22/h3-4,6,9,14,16,20H,2,5,7-8,10-13H2,1H3/t14-,16-/m1/s1. The van der Waals surface area contributed by atoms with Gasteiger partial charge in [-0.2, -0.15) is 8.78 Å². The molecule has 1 amide bonds. The second-order valence-electron chi connectivity index (χ2n) is 7.06. The fourth-order valence-electron chi connectivity index (χ4n) is 4.17. The summed E-state index contributed by atoms with van der Waals surface area (Å²) in [5.74, 6) is -0.670. The van der Waals surface area contributed by atoms with Crippen molar-refractivity contribution in [1.82, 2.24) is 9.80 Å². The highest BCUT2D eigenvalue weighted by molar-refractivity contribution is 5.97. The number of hydrogen-bond donors (Lipinski definition) is 0. The largest absolute Gasteiger partial charge is 0.466 e. The van der Waals surface area contributed by atoms with Crippen molar-refractivity contribution in [1.29, 1.82) is 0 Å². The molecule has 6 nitrogen and oxygen atoms in total. The van der Waals surface area contributed by atoms with Crippen molar-refractivity contribution in [3.63, 3.8) is 0 Å². The molecule has 1 saturated carbocycles. The highest BCUT2D eigenvalue weighted by atomic mass is 19.3. The fourth-order valence-corrected chi connectivity index (χ4v) is 4.17. The molecular weight excluding hydrogens is 370 g/mol. The van der Waals surface area contributed by atoms with Crippen molar-refractivity contribution < 1.29 is 27.8 Å². The summed E-state index contributed by atoms with van der Waals surface area (Å²) in [6.45, 7) is 1.45. The quantitative estimate of drug-likeness (QED) is 0.692. The molecule has 1 aliphatic heterocycles. The number of para-hydroxylation sites is 1. The van der Waals surface area contributed by atoms with Gasteiger partial charge in [0.25, 0.3) is 5.91 Å². The third-order valence-electron chi connectivity index (χ3n) is 5.47. The van der Waals surface area contributed by atoms with Crippen molar-refractivity contribution >= 4 is 11.9 Å². The van der Waals surface area contributed by atoms with Gasteiger partial charge in [0.15, 0.2) is 0 Å². The van der Waals surface area contributed by atoms with E-state index in [1.54, 1.807) is 17.0 Å². The maximum atomic E-state index is 12.8. The Morgan fingerprint density at radius 3 is 2.54 bits per heavy atom. The summed E-state index contributed by atoms with van der Waals surface area (Å²) < 4.78 is 34.9. The minimum Gasteiger partial charge on any atom is -0.466 e. The lowest BCUT2D eigenvalue weighted by molar-refractivity contribution is -0.150. The maximum absolute atomic E-state index is 12.8. The lowest BCUT2D eigenvalue weighted by Gasteiger charge is -2.39. The van der Waals surface area contributed by atoms with Gasteiger partial charge in [0.2, 0.25) is 0 Å². The van der Waals surface area contributed by atoms with E-state index in [0.717, 1.165) is 19.3 Å². The molecule has 8 heteroatoms. The van der Waals surface area contributed by atoms with E-state index >= 15 is 0 Å². The van der Waals surface area contributed by atoms with E-state index in [4.69, 9.17) is 4.74 Å². The zero-order chi connectivity index (χ0) is 20.1. The third kappa shape index (κ3) is 4.60. The molecule has 0 unspecified atom stereocenters. The number of amides is 1. The van der Waals surface area contributed by atoms with E-state index in [0.29, 0.717) is 32.8 Å². The molecule has 1 heterocycles. The third-order valence-corrected chi connectivity index (χ3v) is 5.47. The Hall–Kier alpha value is -2.22. The summed E-state index contributed by atoms with van der Waals surface area (Å²) in [4.78, 5) is 28.9. The number of benzene rings is 1. The van der Waals surface area contributed by atoms with Crippen LogP contribution in [0.4, 0.5) is 8.78 Å². The Bertz CT molecular complexity index is 693. The van der Waals surface area contributed by atoms with Crippen molar-refractivity contribution in [2.24, 2.45) is 5.92 Å². The molecule has 1 aromatic rings. The number of piperazine rings is 1. The van der Waals surface area contributed by atoms with Crippen LogP contribution in [0.25, 0.3) is 0 Å². The summed E-state index contributed by atoms with van der Waals surface area (Å²) in [7, 11) is 0. The van der Waals surface area contributed by atoms with Crippen molar-refractivity contribution in [3.8, 4) is 5.75 Å². The molecule has 2 fully saturated rings. The SMILES string of the molecule is CCOC(=O)[C@@H]1CCC[C@H]1N1CCN(C(=O)c2ccccc2OC(F)F)CC1. The predicted molar refractivity (Wildman–Crippen MR) is 98.3 cm³/mol. The van der Waals surface area contributed by atoms with Crippen LogP contribution in [0.15, 0.2) is 24.3 Å². The Morgan fingerprint density at radius 1 is 1.14 bits per heavy atom. The first-order valence-electron chi connectivity index (χ1n) is 9.75. The first kappa shape index (κ1) is 20.5. The monoisotopic (exact) mass is 396 g/mol. The molecule has 3 rings (SSSR count). The number of carbonyl (C=O) groups excluding carboxylic acids is 2. The highest BCUT2D eigenvalue weighted by Crippen LogP contribution is 2.32. The Balaban J connectivity index is 1.61. The first-order valence-corrected chi connectivity index (χ1v) is 9.75. The predicted octanol–water partition coefficient (Wildman–Crippen LogP) is 2.78. The lowest BCUT2D eigenvalue weighted by Crippen LogP contribution is -2.53. The fraction of sp³-hybridized carbons (Fsp3) is 0.600. The number of halogens is 2. The van der Waals surface area contributed by atoms with Crippen LogP contribution in [0, 0.1) is 5.92 Å². The van der Waals surface area contributed by atoms with E-state index in [1.165, 1.54) is 12.1 Å². The van der Waals surface area contributed by atoms with Crippen molar-refractivity contribution in [3.05, 3.63) is 29.8 Å². The van der Waals surface area contributed by atoms with E-state index in [-0.39, 0.29) is 35.1 Å². The average molecular weight is 396 g/mol. The van der Waals surface area contributed by atoms with Gasteiger partial charge in [-0.05, 0) is 31.9 Å². The Kier molecular flexibility index (Phi) is 6.83. The smallest absolute Gasteiger partial charge is 0.387 e. The number of rotatable bonds is 6. The van der Waals surface area contributed by atoms with Crippen LogP contribution in [0.5, 0.6) is 5.75 Å². The van der Waals surface area contributed by atoms with Gasteiger partial charge in [-0.3, -0.25) is 14.5 Å². The molecule has 1 aliphatic carbocycles. The average Bonchev–Trinajstić information content (AvgIpc) is 3.18. The summed E-state index contributed by atoms with van der Waals surface area (Å²) in [5, 5.41) is 0. The molecule has 2 atom stereocenters. The minimum absolute atomic E-state index is 0.108. The molecule has 0 radical (unpaired) electrons. The maximum Gasteiger partial charge on any atom is 0.387 e. The van der Waals surface area contributed by atoms with Crippen LogP contribution in [-0.2, 0) is 9.53 Å². The zero-order valence-corrected chi connectivity index (χ0v) is 16.0. The van der Waals surface area contributed by atoms with Crippen LogP contribution < -0.4 is 4.74 Å². The van der Waals surface area contributed by atoms with Crippen molar-refractivity contribution in [2.75, 3.05) is 32.8 Å². The number of ether oxygens (including phenoxy) is 2. The Morgan fingerprint density at radius 2 is 1.86 bits per heavy atom. The van der Waals surface area contributed by atoms with E-state index in [9.17, 15) is 18.4 Å². The second kappa shape index (κ2) is 9.32. The van der Waals surface area contributed by atoms with E-state index < -0.39 is 6.61 Å². The molecular formula is C20H26F2N2O4. The van der Waals surface area contributed by atoms with Crippen LogP contribution in [-0.4, -0.2) is 67.1 Å². The number of carbonyl (C=O) groups is 2. The molecule has 28 heavy (non-hydrogen) atoms. The summed E-state index contributed by atoms with van der Waals surface area (Å²) in [5.41, 5.74) is 0.140. The van der Waals surface area contributed by atoms with Gasteiger partial charge in [0.05, 0.1) is 18.1 Å². The molecule has 0 spiro atoms. The van der Waals surface area contributed by atoms with Crippen LogP contribution >= 0.6 is 0 Å². The molecule has 1 saturated heterocycles. The van der Waals surface area contributed by atoms with Gasteiger partial charge >= 0.3 is 12.6 Å². The van der Waals surface area contributed by atoms with E-state index in [1.807, 2.05) is 6.92 Å². The summed E-state index contributed by atoms with van der Waals surface area (Å²) in [6.07, 6.45) is 2.77. The van der Waals surface area contributed by atoms with E-state index in [2.05, 4.69) is 9.64 Å². The van der Waals surface area contributed by atoms with Gasteiger partial charge in [0.1, 0.15) is 5.75 Å². The summed E-state index contributed by atoms with van der Waals surface area (Å²) in [6, 6.07) is 6.20. The van der Waals surface area contributed by atoms with Crippen LogP contribution in [0.2, 0.25) is 0 Å². The molecule has 154 valence electrons. The van der Waals surface area contributed by atoms with Gasteiger partial charge in [-0.15, -0.1) is 0 Å². The van der Waals surface area contributed by atoms with Gasteiger partial charge in [0, 0.05) is 32.2 Å².